The first-order chi connectivity index (χ1) is 11.9. The van der Waals surface area contributed by atoms with Crippen molar-refractivity contribution in [2.75, 3.05) is 18.4 Å². The molecule has 2 heterocycles. The van der Waals surface area contributed by atoms with E-state index in [2.05, 4.69) is 10.3 Å². The molecule has 0 saturated heterocycles. The van der Waals surface area contributed by atoms with Crippen LogP contribution in [0.15, 0.2) is 35.4 Å². The van der Waals surface area contributed by atoms with Gasteiger partial charge in [-0.2, -0.15) is 0 Å². The molecule has 0 bridgehead atoms. The summed E-state index contributed by atoms with van der Waals surface area (Å²) in [5, 5.41) is 2.79. The number of anilines is 1. The molecule has 0 unspecified atom stereocenters. The zero-order valence-corrected chi connectivity index (χ0v) is 15.0. The van der Waals surface area contributed by atoms with Crippen LogP contribution in [0.5, 0.6) is 0 Å². The minimum Gasteiger partial charge on any atom is -0.339 e. The summed E-state index contributed by atoms with van der Waals surface area (Å²) in [4.78, 5) is 42.5. The van der Waals surface area contributed by atoms with Crippen molar-refractivity contribution in [3.63, 3.8) is 0 Å². The van der Waals surface area contributed by atoms with Crippen LogP contribution < -0.4 is 10.9 Å². The summed E-state index contributed by atoms with van der Waals surface area (Å²) in [6.45, 7) is 4.85. The van der Waals surface area contributed by atoms with Crippen LogP contribution in [0.25, 0.3) is 0 Å². The molecule has 2 aromatic heterocycles. The molecule has 0 spiro atoms. The summed E-state index contributed by atoms with van der Waals surface area (Å²) in [6.07, 6.45) is 2.77. The van der Waals surface area contributed by atoms with E-state index in [9.17, 15) is 14.4 Å². The summed E-state index contributed by atoms with van der Waals surface area (Å²) in [6, 6.07) is 4.37. The van der Waals surface area contributed by atoms with Crippen molar-refractivity contribution in [3.8, 4) is 0 Å². The SMILES string of the molecule is CCN(CC)C(=O)c1cc(NC(=O)c2ccc(Cl)nc2)c(=O)n(C)c1. The van der Waals surface area contributed by atoms with E-state index in [4.69, 9.17) is 11.6 Å². The lowest BCUT2D eigenvalue weighted by molar-refractivity contribution is 0.0771. The van der Waals surface area contributed by atoms with Gasteiger partial charge < -0.3 is 14.8 Å². The standard InChI is InChI=1S/C17H19ClN4O3/c1-4-22(5-2)16(24)12-8-13(17(25)21(3)10-12)20-15(23)11-6-7-14(18)19-9-11/h6-10H,4-5H2,1-3H3,(H,20,23). The number of carbonyl (C=O) groups excluding carboxylic acids is 2. The zero-order chi connectivity index (χ0) is 18.6. The van der Waals surface area contributed by atoms with E-state index in [1.54, 1.807) is 4.90 Å². The van der Waals surface area contributed by atoms with E-state index in [0.29, 0.717) is 18.7 Å². The predicted molar refractivity (Wildman–Crippen MR) is 96.1 cm³/mol. The van der Waals surface area contributed by atoms with Gasteiger partial charge in [0.05, 0.1) is 11.1 Å². The third-order valence-electron chi connectivity index (χ3n) is 3.72. The number of aryl methyl sites for hydroxylation is 1. The minimum atomic E-state index is -0.506. The van der Waals surface area contributed by atoms with Gasteiger partial charge in [0.25, 0.3) is 17.4 Å². The topological polar surface area (TPSA) is 84.3 Å². The van der Waals surface area contributed by atoms with Crippen molar-refractivity contribution in [2.24, 2.45) is 7.05 Å². The summed E-state index contributed by atoms with van der Waals surface area (Å²) >= 11 is 5.70. The maximum Gasteiger partial charge on any atom is 0.274 e. The second-order valence-electron chi connectivity index (χ2n) is 5.36. The first-order valence-electron chi connectivity index (χ1n) is 7.80. The quantitative estimate of drug-likeness (QED) is 0.826. The average molecular weight is 363 g/mol. The summed E-state index contributed by atoms with van der Waals surface area (Å²) in [5.41, 5.74) is 0.203. The van der Waals surface area contributed by atoms with Crippen molar-refractivity contribution in [1.29, 1.82) is 0 Å². The summed E-state index contributed by atoms with van der Waals surface area (Å²) in [7, 11) is 1.53. The van der Waals surface area contributed by atoms with Gasteiger partial charge in [0.1, 0.15) is 10.8 Å². The molecule has 2 amide bonds. The largest absolute Gasteiger partial charge is 0.339 e. The van der Waals surface area contributed by atoms with Crippen LogP contribution in [-0.2, 0) is 7.05 Å². The maximum atomic E-state index is 12.5. The van der Waals surface area contributed by atoms with Gasteiger partial charge in [-0.3, -0.25) is 14.4 Å². The van der Waals surface area contributed by atoms with Crippen molar-refractivity contribution < 1.29 is 9.59 Å². The van der Waals surface area contributed by atoms with E-state index in [1.165, 1.54) is 42.2 Å². The van der Waals surface area contributed by atoms with E-state index >= 15 is 0 Å². The highest BCUT2D eigenvalue weighted by Gasteiger charge is 2.17. The molecular weight excluding hydrogens is 344 g/mol. The molecular formula is C17H19ClN4O3. The molecule has 7 nitrogen and oxygen atoms in total. The monoisotopic (exact) mass is 362 g/mol. The van der Waals surface area contributed by atoms with Crippen molar-refractivity contribution >= 4 is 29.1 Å². The highest BCUT2D eigenvalue weighted by molar-refractivity contribution is 6.29. The number of hydrogen-bond acceptors (Lipinski definition) is 4. The molecule has 0 atom stereocenters. The van der Waals surface area contributed by atoms with Gasteiger partial charge in [0.15, 0.2) is 0 Å². The number of aromatic nitrogens is 2. The highest BCUT2D eigenvalue weighted by Crippen LogP contribution is 2.11. The highest BCUT2D eigenvalue weighted by atomic mass is 35.5. The molecule has 0 aliphatic rings. The maximum absolute atomic E-state index is 12.5. The third kappa shape index (κ3) is 4.24. The Labute approximate surface area is 150 Å². The van der Waals surface area contributed by atoms with Gasteiger partial charge in [0.2, 0.25) is 0 Å². The molecule has 2 aromatic rings. The Morgan fingerprint density at radius 2 is 1.92 bits per heavy atom. The van der Waals surface area contributed by atoms with Crippen LogP contribution >= 0.6 is 11.6 Å². The molecule has 0 aliphatic carbocycles. The molecule has 132 valence electrons. The van der Waals surface area contributed by atoms with Crippen molar-refractivity contribution in [3.05, 3.63) is 57.2 Å². The van der Waals surface area contributed by atoms with Gasteiger partial charge in [-0.05, 0) is 32.0 Å². The predicted octanol–water partition coefficient (Wildman–Crippen LogP) is 2.17. The number of carbonyl (C=O) groups is 2. The number of hydrogen-bond donors (Lipinski definition) is 1. The fourth-order valence-corrected chi connectivity index (χ4v) is 2.43. The Morgan fingerprint density at radius 1 is 1.24 bits per heavy atom. The van der Waals surface area contributed by atoms with E-state index in [0.717, 1.165) is 0 Å². The molecule has 2 rings (SSSR count). The smallest absolute Gasteiger partial charge is 0.274 e. The molecule has 0 aromatic carbocycles. The Kier molecular flexibility index (Phi) is 5.93. The first kappa shape index (κ1) is 18.7. The average Bonchev–Trinajstić information content (AvgIpc) is 2.60. The van der Waals surface area contributed by atoms with Crippen LogP contribution in [0, 0.1) is 0 Å². The summed E-state index contributed by atoms with van der Waals surface area (Å²) < 4.78 is 1.27. The van der Waals surface area contributed by atoms with E-state index in [-0.39, 0.29) is 22.3 Å². The molecule has 0 radical (unpaired) electrons. The Hall–Kier alpha value is -2.67. The summed E-state index contributed by atoms with van der Waals surface area (Å²) in [5.74, 6) is -0.710. The third-order valence-corrected chi connectivity index (χ3v) is 3.94. The Balaban J connectivity index is 2.34. The van der Waals surface area contributed by atoms with Crippen molar-refractivity contribution in [2.45, 2.75) is 13.8 Å². The van der Waals surface area contributed by atoms with Crippen LogP contribution in [0.4, 0.5) is 5.69 Å². The normalized spacial score (nSPS) is 10.4. The molecule has 25 heavy (non-hydrogen) atoms. The van der Waals surface area contributed by atoms with Gasteiger partial charge in [0, 0.05) is 32.5 Å². The lowest BCUT2D eigenvalue weighted by atomic mass is 10.2. The Morgan fingerprint density at radius 3 is 2.48 bits per heavy atom. The second kappa shape index (κ2) is 7.94. The van der Waals surface area contributed by atoms with E-state index in [1.807, 2.05) is 13.8 Å². The molecule has 8 heteroatoms. The number of rotatable bonds is 5. The lowest BCUT2D eigenvalue weighted by Gasteiger charge is -2.19. The van der Waals surface area contributed by atoms with Gasteiger partial charge >= 0.3 is 0 Å². The Bertz CT molecular complexity index is 842. The van der Waals surface area contributed by atoms with Crippen LogP contribution in [-0.4, -0.2) is 39.4 Å². The number of halogens is 1. The van der Waals surface area contributed by atoms with Gasteiger partial charge in [-0.25, -0.2) is 4.98 Å². The van der Waals surface area contributed by atoms with E-state index < -0.39 is 11.5 Å². The van der Waals surface area contributed by atoms with Crippen LogP contribution in [0.1, 0.15) is 34.6 Å². The fraction of sp³-hybridized carbons (Fsp3) is 0.294. The van der Waals surface area contributed by atoms with Crippen molar-refractivity contribution in [1.82, 2.24) is 14.5 Å². The zero-order valence-electron chi connectivity index (χ0n) is 14.2. The number of nitrogens with one attached hydrogen (secondary N) is 1. The number of pyridine rings is 2. The van der Waals surface area contributed by atoms with Crippen LogP contribution in [0.3, 0.4) is 0 Å². The van der Waals surface area contributed by atoms with Gasteiger partial charge in [-0.15, -0.1) is 0 Å². The van der Waals surface area contributed by atoms with Gasteiger partial charge in [-0.1, -0.05) is 11.6 Å². The van der Waals surface area contributed by atoms with Crippen LogP contribution in [0.2, 0.25) is 5.15 Å². The fourth-order valence-electron chi connectivity index (χ4n) is 2.32. The number of nitrogens with zero attached hydrogens (tertiary/aromatic N) is 3. The molecule has 0 saturated carbocycles. The lowest BCUT2D eigenvalue weighted by Crippen LogP contribution is -2.32. The molecule has 1 N–H and O–H groups in total. The number of amides is 2. The second-order valence-corrected chi connectivity index (χ2v) is 5.75. The molecule has 0 aliphatic heterocycles. The molecule has 0 fully saturated rings. The first-order valence-corrected chi connectivity index (χ1v) is 8.18. The minimum absolute atomic E-state index is 0.0282.